The maximum absolute atomic E-state index is 13.4. The monoisotopic (exact) mass is 453 g/mol. The lowest BCUT2D eigenvalue weighted by Crippen LogP contribution is -2.56. The molecule has 0 bridgehead atoms. The van der Waals surface area contributed by atoms with Gasteiger partial charge >= 0.3 is 0 Å². The number of hydroxylamine groups is 2. The predicted octanol–water partition coefficient (Wildman–Crippen LogP) is 5.41. The third-order valence-corrected chi connectivity index (χ3v) is 14.6. The molecule has 180 valence electrons. The average Bonchev–Trinajstić information content (AvgIpc) is 2.70. The first-order chi connectivity index (χ1) is 14.4. The van der Waals surface area contributed by atoms with Crippen LogP contribution in [0.25, 0.3) is 0 Å². The van der Waals surface area contributed by atoms with Gasteiger partial charge in [0.15, 0.2) is 0 Å². The first-order valence-electron chi connectivity index (χ1n) is 12.2. The summed E-state index contributed by atoms with van der Waals surface area (Å²) >= 11 is 0. The second-order valence-corrected chi connectivity index (χ2v) is 16.3. The van der Waals surface area contributed by atoms with Crippen molar-refractivity contribution in [3.63, 3.8) is 0 Å². The van der Waals surface area contributed by atoms with Crippen LogP contribution in [0.4, 0.5) is 0 Å². The third-order valence-electron chi connectivity index (χ3n) is 8.45. The SMILES string of the molecule is CON(C)C(=O)[C@H]1[C@H]2[C@@H](C=C(C)[C@H]1CO)[C@@H](O[Si](C(C)C)(C(C)C)C(C)C)CC[C@@H]2C. The number of hydrogen-bond acceptors (Lipinski definition) is 4. The van der Waals surface area contributed by atoms with Crippen molar-refractivity contribution in [3.05, 3.63) is 11.6 Å². The van der Waals surface area contributed by atoms with Gasteiger partial charge in [0.2, 0.25) is 14.2 Å². The normalized spacial score (nSPS) is 31.7. The van der Waals surface area contributed by atoms with E-state index in [0.29, 0.717) is 22.5 Å². The lowest BCUT2D eigenvalue weighted by Gasteiger charge is -2.53. The van der Waals surface area contributed by atoms with Crippen LogP contribution in [0.2, 0.25) is 16.6 Å². The molecule has 1 N–H and O–H groups in total. The van der Waals surface area contributed by atoms with Gasteiger partial charge in [-0.3, -0.25) is 9.63 Å². The molecule has 0 aromatic carbocycles. The predicted molar refractivity (Wildman–Crippen MR) is 129 cm³/mol. The van der Waals surface area contributed by atoms with Gasteiger partial charge in [-0.25, -0.2) is 5.06 Å². The summed E-state index contributed by atoms with van der Waals surface area (Å²) in [6.45, 7) is 18.3. The zero-order chi connectivity index (χ0) is 23.7. The molecule has 0 aromatic heterocycles. The van der Waals surface area contributed by atoms with Crippen LogP contribution in [0.5, 0.6) is 0 Å². The minimum absolute atomic E-state index is 0.0135. The summed E-state index contributed by atoms with van der Waals surface area (Å²) in [6, 6.07) is 0. The summed E-state index contributed by atoms with van der Waals surface area (Å²) < 4.78 is 7.29. The van der Waals surface area contributed by atoms with Gasteiger partial charge in [-0.05, 0) is 48.2 Å². The number of nitrogens with zero attached hydrogens (tertiary/aromatic N) is 1. The van der Waals surface area contributed by atoms with E-state index in [1.54, 1.807) is 7.05 Å². The molecule has 2 rings (SSSR count). The fourth-order valence-corrected chi connectivity index (χ4v) is 12.5. The number of fused-ring (bicyclic) bond motifs is 1. The fraction of sp³-hybridized carbons (Fsp3) is 0.880. The van der Waals surface area contributed by atoms with Crippen molar-refractivity contribution in [1.29, 1.82) is 0 Å². The molecule has 0 spiro atoms. The largest absolute Gasteiger partial charge is 0.413 e. The Morgan fingerprint density at radius 2 is 1.71 bits per heavy atom. The van der Waals surface area contributed by atoms with Gasteiger partial charge in [0.25, 0.3) is 0 Å². The van der Waals surface area contributed by atoms with Crippen LogP contribution in [0.15, 0.2) is 11.6 Å². The molecule has 0 unspecified atom stereocenters. The fourth-order valence-electron chi connectivity index (χ4n) is 6.93. The van der Waals surface area contributed by atoms with E-state index in [2.05, 4.69) is 61.5 Å². The number of amides is 1. The molecule has 1 amide bonds. The number of hydrogen-bond donors (Lipinski definition) is 1. The summed E-state index contributed by atoms with van der Waals surface area (Å²) in [5.41, 5.74) is 2.70. The molecule has 0 aromatic rings. The average molecular weight is 454 g/mol. The van der Waals surface area contributed by atoms with E-state index in [9.17, 15) is 9.90 Å². The minimum atomic E-state index is -2.04. The highest BCUT2D eigenvalue weighted by atomic mass is 28.4. The van der Waals surface area contributed by atoms with E-state index in [1.165, 1.54) is 12.2 Å². The number of aliphatic hydroxyl groups is 1. The van der Waals surface area contributed by atoms with Gasteiger partial charge in [0.05, 0.1) is 25.7 Å². The van der Waals surface area contributed by atoms with Crippen molar-refractivity contribution in [3.8, 4) is 0 Å². The van der Waals surface area contributed by atoms with Gasteiger partial charge in [0, 0.05) is 18.9 Å². The molecule has 6 heteroatoms. The van der Waals surface area contributed by atoms with Gasteiger partial charge in [-0.1, -0.05) is 60.1 Å². The van der Waals surface area contributed by atoms with Crippen LogP contribution < -0.4 is 0 Å². The van der Waals surface area contributed by atoms with Crippen LogP contribution in [0.1, 0.15) is 68.2 Å². The Balaban J connectivity index is 2.51. The summed E-state index contributed by atoms with van der Waals surface area (Å²) in [5, 5.41) is 11.5. The number of rotatable bonds is 8. The highest BCUT2D eigenvalue weighted by Gasteiger charge is 2.53. The van der Waals surface area contributed by atoms with Gasteiger partial charge in [0.1, 0.15) is 0 Å². The molecule has 0 heterocycles. The molecular formula is C25H47NO4Si. The molecule has 31 heavy (non-hydrogen) atoms. The van der Waals surface area contributed by atoms with E-state index in [0.717, 1.165) is 18.4 Å². The van der Waals surface area contributed by atoms with E-state index < -0.39 is 8.32 Å². The maximum Gasteiger partial charge on any atom is 0.249 e. The second-order valence-electron chi connectivity index (χ2n) is 10.9. The summed E-state index contributed by atoms with van der Waals surface area (Å²) in [4.78, 5) is 18.7. The number of aliphatic hydroxyl groups excluding tert-OH is 1. The van der Waals surface area contributed by atoms with E-state index in [1.807, 2.05) is 0 Å². The van der Waals surface area contributed by atoms with E-state index >= 15 is 0 Å². The molecule has 1 saturated carbocycles. The number of carbonyl (C=O) groups is 1. The van der Waals surface area contributed by atoms with Crippen molar-refractivity contribution in [2.45, 2.75) is 91.0 Å². The summed E-state index contributed by atoms with van der Waals surface area (Å²) in [5.74, 6) is 0.290. The summed E-state index contributed by atoms with van der Waals surface area (Å²) in [7, 11) is 1.17. The van der Waals surface area contributed by atoms with Crippen LogP contribution >= 0.6 is 0 Å². The maximum atomic E-state index is 13.4. The Morgan fingerprint density at radius 1 is 1.16 bits per heavy atom. The van der Waals surface area contributed by atoms with Crippen molar-refractivity contribution < 1.29 is 19.2 Å². The Morgan fingerprint density at radius 3 is 2.16 bits per heavy atom. The molecule has 2 aliphatic carbocycles. The Hall–Kier alpha value is -0.693. The Kier molecular flexibility index (Phi) is 8.99. The lowest BCUT2D eigenvalue weighted by molar-refractivity contribution is -0.181. The topological polar surface area (TPSA) is 59.0 Å². The second kappa shape index (κ2) is 10.5. The van der Waals surface area contributed by atoms with Crippen LogP contribution in [0, 0.1) is 29.6 Å². The van der Waals surface area contributed by atoms with Crippen molar-refractivity contribution in [2.75, 3.05) is 20.8 Å². The van der Waals surface area contributed by atoms with Gasteiger partial charge < -0.3 is 9.53 Å². The molecule has 6 atom stereocenters. The third kappa shape index (κ3) is 4.82. The van der Waals surface area contributed by atoms with Crippen molar-refractivity contribution in [2.24, 2.45) is 29.6 Å². The van der Waals surface area contributed by atoms with E-state index in [4.69, 9.17) is 9.26 Å². The molecule has 5 nitrogen and oxygen atoms in total. The quantitative estimate of drug-likeness (QED) is 0.303. The molecular weight excluding hydrogens is 406 g/mol. The standard InChI is InChI=1S/C25H47NO4Si/c1-15(2)31(16(3)4,17(5)6)30-22-12-11-18(7)23-20(22)13-19(8)21(14-27)24(23)25(28)26(9)29-10/h13,15-18,20-24,27H,11-12,14H2,1-10H3/t18-,20-,21+,22-,23+,24+/m0/s1. The zero-order valence-corrected chi connectivity index (χ0v) is 22.5. The first kappa shape index (κ1) is 26.6. The molecule has 2 aliphatic rings. The smallest absolute Gasteiger partial charge is 0.249 e. The highest BCUT2D eigenvalue weighted by molar-refractivity contribution is 6.77. The lowest BCUT2D eigenvalue weighted by atomic mass is 9.58. The van der Waals surface area contributed by atoms with Gasteiger partial charge in [-0.2, -0.15) is 0 Å². The van der Waals surface area contributed by atoms with Crippen LogP contribution in [-0.4, -0.2) is 51.3 Å². The molecule has 0 aliphatic heterocycles. The molecule has 1 fully saturated rings. The molecule has 0 saturated heterocycles. The highest BCUT2D eigenvalue weighted by Crippen LogP contribution is 2.52. The Bertz CT molecular complexity index is 626. The van der Waals surface area contributed by atoms with Crippen molar-refractivity contribution in [1.82, 2.24) is 5.06 Å². The number of carbonyl (C=O) groups excluding carboxylic acids is 1. The molecule has 0 radical (unpaired) electrons. The zero-order valence-electron chi connectivity index (χ0n) is 21.5. The van der Waals surface area contributed by atoms with E-state index in [-0.39, 0.29) is 42.3 Å². The van der Waals surface area contributed by atoms with Gasteiger partial charge in [-0.15, -0.1) is 0 Å². The van der Waals surface area contributed by atoms with Crippen LogP contribution in [0.3, 0.4) is 0 Å². The van der Waals surface area contributed by atoms with Crippen LogP contribution in [-0.2, 0) is 14.1 Å². The Labute approximate surface area is 191 Å². The first-order valence-corrected chi connectivity index (χ1v) is 14.4. The van der Waals surface area contributed by atoms with Crippen molar-refractivity contribution >= 4 is 14.2 Å². The summed E-state index contributed by atoms with van der Waals surface area (Å²) in [6.07, 6.45) is 4.56. The minimum Gasteiger partial charge on any atom is -0.413 e.